The summed E-state index contributed by atoms with van der Waals surface area (Å²) in [6.07, 6.45) is 0. The van der Waals surface area contributed by atoms with E-state index in [2.05, 4.69) is 17.9 Å². The highest BCUT2D eigenvalue weighted by molar-refractivity contribution is 7.80. The van der Waals surface area contributed by atoms with Crippen LogP contribution in [0.2, 0.25) is 0 Å². The fourth-order valence-electron chi connectivity index (χ4n) is 0.889. The van der Waals surface area contributed by atoms with Crippen molar-refractivity contribution < 1.29 is 4.79 Å². The molecule has 2 nitrogen and oxygen atoms in total. The van der Waals surface area contributed by atoms with Crippen LogP contribution < -0.4 is 5.32 Å². The monoisotopic (exact) mass is 209 g/mol. The number of carbonyl (C=O) groups is 1. The first-order chi connectivity index (χ1) is 6.41. The fraction of sp³-hybridized carbons (Fsp3) is 0.364. The van der Waals surface area contributed by atoms with Gasteiger partial charge in [-0.3, -0.25) is 4.79 Å². The number of carbonyl (C=O) groups excluding carboxylic acids is 1. The van der Waals surface area contributed by atoms with Crippen molar-refractivity contribution in [3.8, 4) is 0 Å². The first-order valence-electron chi connectivity index (χ1n) is 4.51. The van der Waals surface area contributed by atoms with E-state index in [1.807, 2.05) is 45.0 Å². The predicted octanol–water partition coefficient (Wildman–Crippen LogP) is 2.96. The zero-order valence-corrected chi connectivity index (χ0v) is 9.56. The molecule has 0 heterocycles. The van der Waals surface area contributed by atoms with Crippen molar-refractivity contribution in [1.29, 1.82) is 0 Å². The Morgan fingerprint density at radius 1 is 1.29 bits per heavy atom. The average Bonchev–Trinajstić information content (AvgIpc) is 2.07. The van der Waals surface area contributed by atoms with E-state index in [0.717, 1.165) is 10.6 Å². The second-order valence-corrected chi connectivity index (χ2v) is 4.70. The molecular formula is C11H15NOS. The summed E-state index contributed by atoms with van der Waals surface area (Å²) in [5, 5.41) is 2.83. The summed E-state index contributed by atoms with van der Waals surface area (Å²) in [6.45, 7) is 5.64. The van der Waals surface area contributed by atoms with Crippen LogP contribution in [0.15, 0.2) is 29.2 Å². The van der Waals surface area contributed by atoms with Gasteiger partial charge in [-0.25, -0.2) is 0 Å². The fourth-order valence-corrected chi connectivity index (χ4v) is 1.11. The number of nitrogens with one attached hydrogen (secondary N) is 1. The van der Waals surface area contributed by atoms with Crippen molar-refractivity contribution in [2.75, 3.05) is 5.32 Å². The predicted molar refractivity (Wildman–Crippen MR) is 61.8 cm³/mol. The van der Waals surface area contributed by atoms with Gasteiger partial charge in [0.25, 0.3) is 0 Å². The summed E-state index contributed by atoms with van der Waals surface area (Å²) in [4.78, 5) is 12.4. The largest absolute Gasteiger partial charge is 0.325 e. The lowest BCUT2D eigenvalue weighted by atomic mass is 9.95. The molecule has 0 unspecified atom stereocenters. The van der Waals surface area contributed by atoms with Gasteiger partial charge in [0.05, 0.1) is 5.69 Å². The summed E-state index contributed by atoms with van der Waals surface area (Å²) in [6, 6.07) is 7.44. The molecule has 0 aliphatic rings. The number of rotatable bonds is 1. The van der Waals surface area contributed by atoms with Crippen LogP contribution in [0.1, 0.15) is 20.8 Å². The summed E-state index contributed by atoms with van der Waals surface area (Å²) in [5.74, 6) is -0.000926. The lowest BCUT2D eigenvalue weighted by molar-refractivity contribution is -0.123. The standard InChI is InChI=1S/C11H15NOS/c1-11(2,3)10(13)12-8-6-4-5-7-9(8)14/h4-7,14H,1-3H3,(H,12,13). The van der Waals surface area contributed by atoms with Crippen LogP contribution >= 0.6 is 12.6 Å². The van der Waals surface area contributed by atoms with Crippen molar-refractivity contribution in [2.24, 2.45) is 5.41 Å². The minimum Gasteiger partial charge on any atom is -0.325 e. The molecule has 0 aromatic heterocycles. The van der Waals surface area contributed by atoms with E-state index in [9.17, 15) is 4.79 Å². The molecule has 1 amide bonds. The second-order valence-electron chi connectivity index (χ2n) is 4.22. The highest BCUT2D eigenvalue weighted by Crippen LogP contribution is 2.22. The van der Waals surface area contributed by atoms with Gasteiger partial charge < -0.3 is 5.32 Å². The third kappa shape index (κ3) is 2.77. The Balaban J connectivity index is 2.80. The maximum absolute atomic E-state index is 11.6. The molecule has 1 aromatic carbocycles. The Morgan fingerprint density at radius 2 is 1.86 bits per heavy atom. The van der Waals surface area contributed by atoms with Crippen molar-refractivity contribution >= 4 is 24.2 Å². The molecular weight excluding hydrogens is 194 g/mol. The van der Waals surface area contributed by atoms with E-state index < -0.39 is 0 Å². The lowest BCUT2D eigenvalue weighted by Gasteiger charge is -2.18. The summed E-state index contributed by atoms with van der Waals surface area (Å²) in [5.41, 5.74) is 0.381. The molecule has 1 rings (SSSR count). The van der Waals surface area contributed by atoms with Gasteiger partial charge in [0.15, 0.2) is 0 Å². The van der Waals surface area contributed by atoms with Crippen LogP contribution in [0.3, 0.4) is 0 Å². The highest BCUT2D eigenvalue weighted by atomic mass is 32.1. The third-order valence-electron chi connectivity index (χ3n) is 1.83. The number of para-hydroxylation sites is 1. The molecule has 0 aliphatic carbocycles. The Kier molecular flexibility index (Phi) is 3.21. The van der Waals surface area contributed by atoms with Crippen molar-refractivity contribution in [3.63, 3.8) is 0 Å². The van der Waals surface area contributed by atoms with Crippen LogP contribution in [0.5, 0.6) is 0 Å². The van der Waals surface area contributed by atoms with Crippen molar-refractivity contribution in [1.82, 2.24) is 0 Å². The second kappa shape index (κ2) is 4.05. The molecule has 1 N–H and O–H groups in total. The van der Waals surface area contributed by atoms with Gasteiger partial charge >= 0.3 is 0 Å². The molecule has 0 fully saturated rings. The topological polar surface area (TPSA) is 29.1 Å². The minimum absolute atomic E-state index is 0.000926. The lowest BCUT2D eigenvalue weighted by Crippen LogP contribution is -2.27. The maximum atomic E-state index is 11.6. The van der Waals surface area contributed by atoms with Crippen LogP contribution in [0, 0.1) is 5.41 Å². The highest BCUT2D eigenvalue weighted by Gasteiger charge is 2.21. The maximum Gasteiger partial charge on any atom is 0.229 e. The number of benzene rings is 1. The number of amides is 1. The number of anilines is 1. The van der Waals surface area contributed by atoms with Gasteiger partial charge in [-0.1, -0.05) is 32.9 Å². The smallest absolute Gasteiger partial charge is 0.229 e. The van der Waals surface area contributed by atoms with Gasteiger partial charge in [-0.05, 0) is 12.1 Å². The Labute approximate surface area is 90.1 Å². The zero-order valence-electron chi connectivity index (χ0n) is 8.66. The van der Waals surface area contributed by atoms with Crippen LogP contribution in [-0.4, -0.2) is 5.91 Å². The molecule has 0 aliphatic heterocycles. The molecule has 0 saturated heterocycles. The van der Waals surface area contributed by atoms with E-state index in [-0.39, 0.29) is 11.3 Å². The van der Waals surface area contributed by atoms with Crippen LogP contribution in [0.25, 0.3) is 0 Å². The Morgan fingerprint density at radius 3 is 2.36 bits per heavy atom. The van der Waals surface area contributed by atoms with E-state index >= 15 is 0 Å². The molecule has 0 bridgehead atoms. The molecule has 1 aromatic rings. The first-order valence-corrected chi connectivity index (χ1v) is 4.95. The summed E-state index contributed by atoms with van der Waals surface area (Å²) < 4.78 is 0. The van der Waals surface area contributed by atoms with Gasteiger partial charge in [0, 0.05) is 10.3 Å². The Hall–Kier alpha value is -0.960. The molecule has 3 heteroatoms. The quantitative estimate of drug-likeness (QED) is 0.684. The van der Waals surface area contributed by atoms with Gasteiger partial charge in [0.2, 0.25) is 5.91 Å². The van der Waals surface area contributed by atoms with Crippen LogP contribution in [-0.2, 0) is 4.79 Å². The van der Waals surface area contributed by atoms with Gasteiger partial charge in [-0.2, -0.15) is 0 Å². The first kappa shape index (κ1) is 11.1. The normalized spacial score (nSPS) is 11.1. The minimum atomic E-state index is -0.379. The van der Waals surface area contributed by atoms with Crippen LogP contribution in [0.4, 0.5) is 5.69 Å². The Bertz CT molecular complexity index is 341. The zero-order chi connectivity index (χ0) is 10.8. The molecule has 14 heavy (non-hydrogen) atoms. The molecule has 0 radical (unpaired) electrons. The van der Waals surface area contributed by atoms with Crippen molar-refractivity contribution in [2.45, 2.75) is 25.7 Å². The van der Waals surface area contributed by atoms with E-state index in [1.165, 1.54) is 0 Å². The molecule has 0 spiro atoms. The van der Waals surface area contributed by atoms with Crippen molar-refractivity contribution in [3.05, 3.63) is 24.3 Å². The van der Waals surface area contributed by atoms with Gasteiger partial charge in [0.1, 0.15) is 0 Å². The summed E-state index contributed by atoms with van der Waals surface area (Å²) >= 11 is 4.25. The van der Waals surface area contributed by atoms with E-state index in [0.29, 0.717) is 0 Å². The molecule has 0 saturated carbocycles. The number of thiol groups is 1. The average molecular weight is 209 g/mol. The SMILES string of the molecule is CC(C)(C)C(=O)Nc1ccccc1S. The van der Waals surface area contributed by atoms with E-state index in [1.54, 1.807) is 0 Å². The third-order valence-corrected chi connectivity index (χ3v) is 2.22. The van der Waals surface area contributed by atoms with E-state index in [4.69, 9.17) is 0 Å². The molecule has 0 atom stereocenters. The summed E-state index contributed by atoms with van der Waals surface area (Å²) in [7, 11) is 0. The van der Waals surface area contributed by atoms with Gasteiger partial charge in [-0.15, -0.1) is 12.6 Å². The molecule has 76 valence electrons. The number of hydrogen-bond acceptors (Lipinski definition) is 2. The number of hydrogen-bond donors (Lipinski definition) is 2.